The minimum Gasteiger partial charge on any atom is -0.478 e. The van der Waals surface area contributed by atoms with Gasteiger partial charge in [0.05, 0.1) is 0 Å². The molecule has 1 aromatic carbocycles. The van der Waals surface area contributed by atoms with Crippen LogP contribution in [0.1, 0.15) is 32.3 Å². The molecule has 1 aromatic rings. The third-order valence-corrected chi connectivity index (χ3v) is 4.06. The van der Waals surface area contributed by atoms with Gasteiger partial charge >= 0.3 is 5.97 Å². The largest absolute Gasteiger partial charge is 0.478 e. The highest BCUT2D eigenvalue weighted by atomic mass is 35.5. The highest BCUT2D eigenvalue weighted by molar-refractivity contribution is 6.31. The summed E-state index contributed by atoms with van der Waals surface area (Å²) in [6, 6.07) is 6.05. The molecule has 0 aromatic heterocycles. The Morgan fingerprint density at radius 2 is 2.15 bits per heavy atom. The van der Waals surface area contributed by atoms with Crippen molar-refractivity contribution >= 4 is 29.3 Å². The molecule has 0 amide bonds. The first-order chi connectivity index (χ1) is 9.47. The van der Waals surface area contributed by atoms with Crippen molar-refractivity contribution < 1.29 is 9.90 Å². The summed E-state index contributed by atoms with van der Waals surface area (Å²) in [5.41, 5.74) is 1.92. The zero-order chi connectivity index (χ0) is 14.7. The lowest BCUT2D eigenvalue weighted by atomic mass is 9.93. The van der Waals surface area contributed by atoms with Gasteiger partial charge in [0.25, 0.3) is 0 Å². The van der Waals surface area contributed by atoms with Gasteiger partial charge in [-0.1, -0.05) is 24.6 Å². The van der Waals surface area contributed by atoms with Gasteiger partial charge < -0.3 is 10.0 Å². The molecule has 0 spiro atoms. The summed E-state index contributed by atoms with van der Waals surface area (Å²) in [7, 11) is 0. The fourth-order valence-corrected chi connectivity index (χ4v) is 2.86. The average Bonchev–Trinajstić information content (AvgIpc) is 2.40. The zero-order valence-electron chi connectivity index (χ0n) is 11.8. The molecule has 1 heterocycles. The van der Waals surface area contributed by atoms with Gasteiger partial charge in [-0.3, -0.25) is 0 Å². The monoisotopic (exact) mass is 293 g/mol. The molecule has 1 saturated heterocycles. The molecule has 2 rings (SSSR count). The summed E-state index contributed by atoms with van der Waals surface area (Å²) in [4.78, 5) is 13.1. The first-order valence-corrected chi connectivity index (χ1v) is 7.32. The maximum atomic E-state index is 10.7. The molecular weight excluding hydrogens is 274 g/mol. The fraction of sp³-hybridized carbons (Fsp3) is 0.438. The Bertz CT molecular complexity index is 527. The topological polar surface area (TPSA) is 40.5 Å². The molecule has 20 heavy (non-hydrogen) atoms. The molecule has 0 radical (unpaired) electrons. The van der Waals surface area contributed by atoms with Gasteiger partial charge in [0.2, 0.25) is 0 Å². The Morgan fingerprint density at radius 3 is 2.85 bits per heavy atom. The molecule has 0 saturated carbocycles. The molecular formula is C16H20ClNO2. The van der Waals surface area contributed by atoms with Crippen molar-refractivity contribution in [3.8, 4) is 0 Å². The first-order valence-electron chi connectivity index (χ1n) is 6.94. The number of halogens is 1. The van der Waals surface area contributed by atoms with Crippen molar-refractivity contribution in [2.45, 2.75) is 32.7 Å². The van der Waals surface area contributed by atoms with Crippen LogP contribution in [0.15, 0.2) is 24.3 Å². The second kappa shape index (κ2) is 6.31. The van der Waals surface area contributed by atoms with Gasteiger partial charge in [-0.25, -0.2) is 4.79 Å². The maximum absolute atomic E-state index is 10.7. The Morgan fingerprint density at radius 1 is 1.40 bits per heavy atom. The third kappa shape index (κ3) is 3.54. The van der Waals surface area contributed by atoms with Crippen molar-refractivity contribution in [3.63, 3.8) is 0 Å². The van der Waals surface area contributed by atoms with E-state index in [-0.39, 0.29) is 0 Å². The Hall–Kier alpha value is -1.48. The fourth-order valence-electron chi connectivity index (χ4n) is 2.69. The van der Waals surface area contributed by atoms with Crippen LogP contribution in [0, 0.1) is 5.92 Å². The molecule has 0 aliphatic carbocycles. The van der Waals surface area contributed by atoms with E-state index in [1.54, 1.807) is 12.1 Å². The lowest BCUT2D eigenvalue weighted by Crippen LogP contribution is -2.41. The SMILES string of the molecule is CC1CCC(C)N(c2cc(Cl)ccc2/C=C/C(=O)O)C1. The molecule has 2 unspecified atom stereocenters. The number of hydrogen-bond acceptors (Lipinski definition) is 2. The van der Waals surface area contributed by atoms with Crippen molar-refractivity contribution in [1.29, 1.82) is 0 Å². The van der Waals surface area contributed by atoms with E-state index in [0.29, 0.717) is 17.0 Å². The van der Waals surface area contributed by atoms with Gasteiger partial charge in [-0.15, -0.1) is 0 Å². The average molecular weight is 294 g/mol. The number of carboxylic acid groups (broad SMARTS) is 1. The number of anilines is 1. The standard InChI is InChI=1S/C16H20ClNO2/c1-11-3-4-12(2)18(10-11)15-9-14(17)7-5-13(15)6-8-16(19)20/h5-9,11-12H,3-4,10H2,1-2H3,(H,19,20)/b8-6+. The van der Waals surface area contributed by atoms with E-state index in [9.17, 15) is 4.79 Å². The summed E-state index contributed by atoms with van der Waals surface area (Å²) in [6.07, 6.45) is 5.19. The molecule has 4 heteroatoms. The van der Waals surface area contributed by atoms with Crippen LogP contribution in [0.3, 0.4) is 0 Å². The van der Waals surface area contributed by atoms with E-state index in [1.807, 2.05) is 12.1 Å². The molecule has 108 valence electrons. The maximum Gasteiger partial charge on any atom is 0.328 e. The van der Waals surface area contributed by atoms with Crippen LogP contribution in [0.4, 0.5) is 5.69 Å². The summed E-state index contributed by atoms with van der Waals surface area (Å²) in [5.74, 6) is -0.299. The Kier molecular flexibility index (Phi) is 4.71. The second-order valence-electron chi connectivity index (χ2n) is 5.56. The van der Waals surface area contributed by atoms with E-state index in [0.717, 1.165) is 24.2 Å². The Labute approximate surface area is 124 Å². The lowest BCUT2D eigenvalue weighted by Gasteiger charge is -2.39. The molecule has 3 nitrogen and oxygen atoms in total. The number of nitrogens with zero attached hydrogens (tertiary/aromatic N) is 1. The minimum absolute atomic E-state index is 0.446. The van der Waals surface area contributed by atoms with Crippen LogP contribution in [0.25, 0.3) is 6.08 Å². The van der Waals surface area contributed by atoms with E-state index in [4.69, 9.17) is 16.7 Å². The van der Waals surface area contributed by atoms with Crippen LogP contribution in [0.2, 0.25) is 5.02 Å². The van der Waals surface area contributed by atoms with Crippen LogP contribution >= 0.6 is 11.6 Å². The van der Waals surface area contributed by atoms with Crippen molar-refractivity contribution in [3.05, 3.63) is 34.9 Å². The predicted molar refractivity (Wildman–Crippen MR) is 83.3 cm³/mol. The quantitative estimate of drug-likeness (QED) is 0.854. The van der Waals surface area contributed by atoms with Gasteiger partial charge in [0.15, 0.2) is 0 Å². The highest BCUT2D eigenvalue weighted by Crippen LogP contribution is 2.32. The van der Waals surface area contributed by atoms with Crippen LogP contribution < -0.4 is 4.90 Å². The molecule has 1 fully saturated rings. The molecule has 1 aliphatic rings. The summed E-state index contributed by atoms with van der Waals surface area (Å²) in [5, 5.41) is 9.48. The van der Waals surface area contributed by atoms with Gasteiger partial charge in [-0.2, -0.15) is 0 Å². The number of benzene rings is 1. The molecule has 0 bridgehead atoms. The van der Waals surface area contributed by atoms with E-state index in [1.165, 1.54) is 12.5 Å². The third-order valence-electron chi connectivity index (χ3n) is 3.83. The summed E-state index contributed by atoms with van der Waals surface area (Å²) >= 11 is 6.12. The predicted octanol–water partition coefficient (Wildman–Crippen LogP) is 4.06. The minimum atomic E-state index is -0.939. The smallest absolute Gasteiger partial charge is 0.328 e. The van der Waals surface area contributed by atoms with Crippen molar-refractivity contribution in [2.24, 2.45) is 5.92 Å². The van der Waals surface area contributed by atoms with E-state index in [2.05, 4.69) is 18.7 Å². The molecule has 2 atom stereocenters. The van der Waals surface area contributed by atoms with Gasteiger partial charge in [-0.05, 0) is 49.5 Å². The van der Waals surface area contributed by atoms with Gasteiger partial charge in [0.1, 0.15) is 0 Å². The second-order valence-corrected chi connectivity index (χ2v) is 6.00. The number of hydrogen-bond donors (Lipinski definition) is 1. The summed E-state index contributed by atoms with van der Waals surface area (Å²) in [6.45, 7) is 5.43. The van der Waals surface area contributed by atoms with E-state index >= 15 is 0 Å². The Balaban J connectivity index is 2.37. The number of rotatable bonds is 3. The molecule has 1 aliphatic heterocycles. The van der Waals surface area contributed by atoms with Gasteiger partial charge in [0, 0.05) is 29.4 Å². The summed E-state index contributed by atoms with van der Waals surface area (Å²) < 4.78 is 0. The number of carboxylic acids is 1. The van der Waals surface area contributed by atoms with Crippen molar-refractivity contribution in [2.75, 3.05) is 11.4 Å². The number of aliphatic carboxylic acids is 1. The highest BCUT2D eigenvalue weighted by Gasteiger charge is 2.24. The van der Waals surface area contributed by atoms with Crippen LogP contribution in [0.5, 0.6) is 0 Å². The van der Waals surface area contributed by atoms with Crippen LogP contribution in [-0.2, 0) is 4.79 Å². The lowest BCUT2D eigenvalue weighted by molar-refractivity contribution is -0.131. The van der Waals surface area contributed by atoms with E-state index < -0.39 is 5.97 Å². The number of carbonyl (C=O) groups is 1. The van der Waals surface area contributed by atoms with Crippen molar-refractivity contribution in [1.82, 2.24) is 0 Å². The normalized spacial score (nSPS) is 23.2. The zero-order valence-corrected chi connectivity index (χ0v) is 12.6. The first kappa shape index (κ1) is 14.9. The molecule has 1 N–H and O–H groups in total. The van der Waals surface area contributed by atoms with Crippen LogP contribution in [-0.4, -0.2) is 23.7 Å². The number of piperidine rings is 1.